The Morgan fingerprint density at radius 2 is 2.17 bits per heavy atom. The summed E-state index contributed by atoms with van der Waals surface area (Å²) in [5, 5.41) is 3.42. The molecule has 0 aliphatic carbocycles. The molecule has 1 atom stereocenters. The van der Waals surface area contributed by atoms with Crippen molar-refractivity contribution >= 4 is 5.91 Å². The van der Waals surface area contributed by atoms with Gasteiger partial charge in [0.1, 0.15) is 5.82 Å². The van der Waals surface area contributed by atoms with Crippen molar-refractivity contribution in [3.05, 3.63) is 35.6 Å². The molecule has 18 heavy (non-hydrogen) atoms. The van der Waals surface area contributed by atoms with E-state index < -0.39 is 0 Å². The number of halogens is 1. The van der Waals surface area contributed by atoms with Gasteiger partial charge < -0.3 is 10.2 Å². The average Bonchev–Trinajstić information content (AvgIpc) is 2.38. The SMILES string of the molecule is CC(=O)N1CCNC(CCc2ccc(F)cc2)C1. The third-order valence-electron chi connectivity index (χ3n) is 3.40. The number of hydrogen-bond donors (Lipinski definition) is 1. The fourth-order valence-electron chi connectivity index (χ4n) is 2.30. The second-order valence-electron chi connectivity index (χ2n) is 4.78. The molecule has 0 spiro atoms. The molecule has 1 heterocycles. The number of hydrogen-bond acceptors (Lipinski definition) is 2. The number of benzene rings is 1. The van der Waals surface area contributed by atoms with E-state index in [1.807, 2.05) is 17.0 Å². The van der Waals surface area contributed by atoms with Crippen molar-refractivity contribution in [2.75, 3.05) is 19.6 Å². The van der Waals surface area contributed by atoms with Gasteiger partial charge in [0, 0.05) is 32.6 Å². The highest BCUT2D eigenvalue weighted by molar-refractivity contribution is 5.73. The minimum absolute atomic E-state index is 0.142. The van der Waals surface area contributed by atoms with E-state index in [0.717, 1.165) is 38.0 Å². The van der Waals surface area contributed by atoms with Gasteiger partial charge in [-0.25, -0.2) is 4.39 Å². The van der Waals surface area contributed by atoms with E-state index in [2.05, 4.69) is 5.32 Å². The third kappa shape index (κ3) is 3.53. The van der Waals surface area contributed by atoms with Crippen molar-refractivity contribution < 1.29 is 9.18 Å². The number of piperazine rings is 1. The summed E-state index contributed by atoms with van der Waals surface area (Å²) in [6.45, 7) is 4.04. The standard InChI is InChI=1S/C14H19FN2O/c1-11(18)17-9-8-16-14(10-17)7-4-12-2-5-13(15)6-3-12/h2-3,5-6,14,16H,4,7-10H2,1H3. The Morgan fingerprint density at radius 3 is 2.83 bits per heavy atom. The van der Waals surface area contributed by atoms with Gasteiger partial charge >= 0.3 is 0 Å². The Morgan fingerprint density at radius 1 is 1.44 bits per heavy atom. The molecule has 0 bridgehead atoms. The number of carbonyl (C=O) groups is 1. The van der Waals surface area contributed by atoms with Crippen LogP contribution in [0.1, 0.15) is 18.9 Å². The van der Waals surface area contributed by atoms with E-state index >= 15 is 0 Å². The molecule has 1 aromatic rings. The Hall–Kier alpha value is -1.42. The highest BCUT2D eigenvalue weighted by Crippen LogP contribution is 2.10. The lowest BCUT2D eigenvalue weighted by Gasteiger charge is -2.33. The van der Waals surface area contributed by atoms with E-state index in [0.29, 0.717) is 6.04 Å². The van der Waals surface area contributed by atoms with Crippen LogP contribution in [0.15, 0.2) is 24.3 Å². The van der Waals surface area contributed by atoms with Crippen LogP contribution in [0.5, 0.6) is 0 Å². The fourth-order valence-corrected chi connectivity index (χ4v) is 2.30. The van der Waals surface area contributed by atoms with Gasteiger partial charge in [0.25, 0.3) is 0 Å². The summed E-state index contributed by atoms with van der Waals surface area (Å²) in [4.78, 5) is 13.2. The summed E-state index contributed by atoms with van der Waals surface area (Å²) in [5.41, 5.74) is 1.14. The molecule has 3 nitrogen and oxygen atoms in total. The topological polar surface area (TPSA) is 32.3 Å². The maximum absolute atomic E-state index is 12.8. The van der Waals surface area contributed by atoms with Crippen LogP contribution in [0, 0.1) is 5.82 Å². The predicted octanol–water partition coefficient (Wildman–Crippen LogP) is 1.58. The normalized spacial score (nSPS) is 19.9. The third-order valence-corrected chi connectivity index (χ3v) is 3.40. The molecule has 2 rings (SSSR count). The Bertz CT molecular complexity index is 405. The molecule has 0 radical (unpaired) electrons. The molecule has 98 valence electrons. The first-order chi connectivity index (χ1) is 8.65. The highest BCUT2D eigenvalue weighted by atomic mass is 19.1. The second-order valence-corrected chi connectivity index (χ2v) is 4.78. The molecule has 0 aromatic heterocycles. The number of rotatable bonds is 3. The minimum atomic E-state index is -0.197. The molecular formula is C14H19FN2O. The lowest BCUT2D eigenvalue weighted by atomic mass is 10.0. The maximum atomic E-state index is 12.8. The molecule has 1 aliphatic heterocycles. The Labute approximate surface area is 107 Å². The number of carbonyl (C=O) groups excluding carboxylic acids is 1. The van der Waals surface area contributed by atoms with Crippen LogP contribution in [-0.4, -0.2) is 36.5 Å². The first-order valence-electron chi connectivity index (χ1n) is 6.38. The van der Waals surface area contributed by atoms with Crippen LogP contribution in [0.4, 0.5) is 4.39 Å². The molecule has 1 aromatic carbocycles. The van der Waals surface area contributed by atoms with E-state index in [1.165, 1.54) is 12.1 Å². The molecule has 1 aliphatic rings. The summed E-state index contributed by atoms with van der Waals surface area (Å²) in [6, 6.07) is 6.96. The van der Waals surface area contributed by atoms with Gasteiger partial charge in [-0.15, -0.1) is 0 Å². The zero-order valence-electron chi connectivity index (χ0n) is 10.7. The maximum Gasteiger partial charge on any atom is 0.219 e. The Kier molecular flexibility index (Phi) is 4.31. The van der Waals surface area contributed by atoms with Crippen LogP contribution >= 0.6 is 0 Å². The van der Waals surface area contributed by atoms with Crippen LogP contribution in [0.3, 0.4) is 0 Å². The minimum Gasteiger partial charge on any atom is -0.340 e. The van der Waals surface area contributed by atoms with Crippen molar-refractivity contribution in [2.45, 2.75) is 25.8 Å². The largest absolute Gasteiger partial charge is 0.340 e. The fraction of sp³-hybridized carbons (Fsp3) is 0.500. The van der Waals surface area contributed by atoms with Crippen molar-refractivity contribution in [3.63, 3.8) is 0 Å². The molecule has 1 N–H and O–H groups in total. The number of amides is 1. The van der Waals surface area contributed by atoms with Crippen molar-refractivity contribution in [1.29, 1.82) is 0 Å². The zero-order valence-corrected chi connectivity index (χ0v) is 10.7. The molecule has 4 heteroatoms. The van der Waals surface area contributed by atoms with Crippen molar-refractivity contribution in [1.82, 2.24) is 10.2 Å². The number of nitrogens with one attached hydrogen (secondary N) is 1. The number of aryl methyl sites for hydroxylation is 1. The molecule has 1 saturated heterocycles. The summed E-state index contributed by atoms with van der Waals surface area (Å²) >= 11 is 0. The van der Waals surface area contributed by atoms with Gasteiger partial charge in [-0.2, -0.15) is 0 Å². The monoisotopic (exact) mass is 250 g/mol. The molecule has 1 fully saturated rings. The molecular weight excluding hydrogens is 231 g/mol. The van der Waals surface area contributed by atoms with Crippen LogP contribution in [-0.2, 0) is 11.2 Å². The smallest absolute Gasteiger partial charge is 0.219 e. The van der Waals surface area contributed by atoms with Crippen LogP contribution < -0.4 is 5.32 Å². The van der Waals surface area contributed by atoms with Crippen molar-refractivity contribution in [3.8, 4) is 0 Å². The van der Waals surface area contributed by atoms with E-state index in [-0.39, 0.29) is 11.7 Å². The molecule has 1 amide bonds. The predicted molar refractivity (Wildman–Crippen MR) is 68.8 cm³/mol. The Balaban J connectivity index is 1.82. The van der Waals surface area contributed by atoms with Crippen LogP contribution in [0.2, 0.25) is 0 Å². The summed E-state index contributed by atoms with van der Waals surface area (Å²) < 4.78 is 12.8. The molecule has 0 saturated carbocycles. The van der Waals surface area contributed by atoms with Gasteiger partial charge in [-0.1, -0.05) is 12.1 Å². The van der Waals surface area contributed by atoms with Crippen LogP contribution in [0.25, 0.3) is 0 Å². The number of nitrogens with zero attached hydrogens (tertiary/aromatic N) is 1. The van der Waals surface area contributed by atoms with Gasteiger partial charge in [0.05, 0.1) is 0 Å². The quantitative estimate of drug-likeness (QED) is 0.883. The lowest BCUT2D eigenvalue weighted by molar-refractivity contribution is -0.130. The first-order valence-corrected chi connectivity index (χ1v) is 6.38. The lowest BCUT2D eigenvalue weighted by Crippen LogP contribution is -2.52. The van der Waals surface area contributed by atoms with Gasteiger partial charge in [-0.05, 0) is 30.5 Å². The van der Waals surface area contributed by atoms with E-state index in [1.54, 1.807) is 6.92 Å². The average molecular weight is 250 g/mol. The summed E-state index contributed by atoms with van der Waals surface area (Å²) in [5.74, 6) is -0.0550. The van der Waals surface area contributed by atoms with Crippen molar-refractivity contribution in [2.24, 2.45) is 0 Å². The summed E-state index contributed by atoms with van der Waals surface area (Å²) in [7, 11) is 0. The molecule has 1 unspecified atom stereocenters. The highest BCUT2D eigenvalue weighted by Gasteiger charge is 2.20. The van der Waals surface area contributed by atoms with Gasteiger partial charge in [0.15, 0.2) is 0 Å². The van der Waals surface area contributed by atoms with E-state index in [9.17, 15) is 9.18 Å². The van der Waals surface area contributed by atoms with E-state index in [4.69, 9.17) is 0 Å². The summed E-state index contributed by atoms with van der Waals surface area (Å²) in [6.07, 6.45) is 1.87. The van der Waals surface area contributed by atoms with Gasteiger partial charge in [-0.3, -0.25) is 4.79 Å². The zero-order chi connectivity index (χ0) is 13.0. The first kappa shape index (κ1) is 13.0. The second kappa shape index (κ2) is 5.96. The van der Waals surface area contributed by atoms with Gasteiger partial charge in [0.2, 0.25) is 5.91 Å².